The van der Waals surface area contributed by atoms with Gasteiger partial charge in [-0.15, -0.1) is 0 Å². The van der Waals surface area contributed by atoms with Crippen LogP contribution in [-0.4, -0.2) is 36.8 Å². The zero-order chi connectivity index (χ0) is 17.8. The van der Waals surface area contributed by atoms with Gasteiger partial charge in [0.15, 0.2) is 5.69 Å². The summed E-state index contributed by atoms with van der Waals surface area (Å²) in [7, 11) is 5.75. The Labute approximate surface area is 148 Å². The third-order valence-corrected chi connectivity index (χ3v) is 4.11. The molecule has 0 fully saturated rings. The zero-order valence-electron chi connectivity index (χ0n) is 14.8. The number of amides is 1. The Balaban J connectivity index is 1.72. The van der Waals surface area contributed by atoms with Gasteiger partial charge >= 0.3 is 0 Å². The fourth-order valence-electron chi connectivity index (χ4n) is 2.60. The molecule has 0 aliphatic rings. The molecule has 0 aliphatic heterocycles. The van der Waals surface area contributed by atoms with E-state index < -0.39 is 0 Å². The molecule has 1 aromatic heterocycles. The maximum Gasteiger partial charge on any atom is 0.278 e. The molecule has 1 amide bonds. The highest BCUT2D eigenvalue weighted by Gasteiger charge is 2.16. The Morgan fingerprint density at radius 3 is 2.20 bits per heavy atom. The van der Waals surface area contributed by atoms with Crippen LogP contribution in [-0.2, 0) is 6.54 Å². The number of benzene rings is 2. The quantitative estimate of drug-likeness (QED) is 0.719. The first-order chi connectivity index (χ1) is 12.0. The summed E-state index contributed by atoms with van der Waals surface area (Å²) in [5, 5.41) is 4.42. The van der Waals surface area contributed by atoms with Crippen molar-refractivity contribution in [3.8, 4) is 0 Å². The minimum absolute atomic E-state index is 0.121. The highest BCUT2D eigenvalue weighted by Crippen LogP contribution is 2.19. The van der Waals surface area contributed by atoms with Gasteiger partial charge in [0, 0.05) is 38.7 Å². The van der Waals surface area contributed by atoms with E-state index in [2.05, 4.69) is 5.10 Å². The molecule has 25 heavy (non-hydrogen) atoms. The van der Waals surface area contributed by atoms with E-state index in [9.17, 15) is 4.79 Å². The van der Waals surface area contributed by atoms with Crippen molar-refractivity contribution in [2.75, 3.05) is 30.9 Å². The standard InChI is InChI=1S/C20H22N4O/c1-22(2)17-9-11-18(12-10-17)23(3)20(25)19-13-14-24(21-19)15-16-7-5-4-6-8-16/h4-14H,15H2,1-3H3. The second-order valence-electron chi connectivity index (χ2n) is 6.16. The van der Waals surface area contributed by atoms with Crippen LogP contribution in [0.5, 0.6) is 0 Å². The van der Waals surface area contributed by atoms with Crippen LogP contribution in [0.3, 0.4) is 0 Å². The van der Waals surface area contributed by atoms with Crippen LogP contribution in [0.1, 0.15) is 16.1 Å². The highest BCUT2D eigenvalue weighted by atomic mass is 16.2. The summed E-state index contributed by atoms with van der Waals surface area (Å²) < 4.78 is 1.78. The van der Waals surface area contributed by atoms with Crippen LogP contribution < -0.4 is 9.80 Å². The van der Waals surface area contributed by atoms with Crippen molar-refractivity contribution < 1.29 is 4.79 Å². The predicted octanol–water partition coefficient (Wildman–Crippen LogP) is 3.27. The molecule has 0 bridgehead atoms. The van der Waals surface area contributed by atoms with Gasteiger partial charge in [-0.05, 0) is 35.9 Å². The Morgan fingerprint density at radius 1 is 0.920 bits per heavy atom. The Hall–Kier alpha value is -3.08. The molecule has 0 saturated carbocycles. The van der Waals surface area contributed by atoms with Crippen LogP contribution in [0.25, 0.3) is 0 Å². The Bertz CT molecular complexity index is 838. The molecule has 0 N–H and O–H groups in total. The maximum atomic E-state index is 12.7. The summed E-state index contributed by atoms with van der Waals surface area (Å²) in [5.41, 5.74) is 3.53. The van der Waals surface area contributed by atoms with Gasteiger partial charge < -0.3 is 9.80 Å². The number of aromatic nitrogens is 2. The lowest BCUT2D eigenvalue weighted by atomic mass is 10.2. The monoisotopic (exact) mass is 334 g/mol. The van der Waals surface area contributed by atoms with Crippen molar-refractivity contribution >= 4 is 17.3 Å². The van der Waals surface area contributed by atoms with Gasteiger partial charge in [0.25, 0.3) is 5.91 Å². The number of hydrogen-bond donors (Lipinski definition) is 0. The fraction of sp³-hybridized carbons (Fsp3) is 0.200. The van der Waals surface area contributed by atoms with Gasteiger partial charge in [0.1, 0.15) is 0 Å². The van der Waals surface area contributed by atoms with E-state index in [-0.39, 0.29) is 5.91 Å². The highest BCUT2D eigenvalue weighted by molar-refractivity contribution is 6.04. The molecule has 0 spiro atoms. The second-order valence-corrected chi connectivity index (χ2v) is 6.16. The van der Waals surface area contributed by atoms with E-state index in [4.69, 9.17) is 0 Å². The van der Waals surface area contributed by atoms with Gasteiger partial charge in [0.05, 0.1) is 6.54 Å². The van der Waals surface area contributed by atoms with Crippen LogP contribution in [0.15, 0.2) is 66.9 Å². The van der Waals surface area contributed by atoms with Crippen molar-refractivity contribution in [3.63, 3.8) is 0 Å². The molecule has 0 radical (unpaired) electrons. The molecule has 0 unspecified atom stereocenters. The summed E-state index contributed by atoms with van der Waals surface area (Å²) in [6, 6.07) is 19.7. The van der Waals surface area contributed by atoms with Crippen molar-refractivity contribution in [3.05, 3.63) is 78.1 Å². The first kappa shape index (κ1) is 16.8. The van der Waals surface area contributed by atoms with E-state index in [0.717, 1.165) is 16.9 Å². The van der Waals surface area contributed by atoms with Crippen LogP contribution in [0.4, 0.5) is 11.4 Å². The molecule has 3 rings (SSSR count). The number of nitrogens with zero attached hydrogens (tertiary/aromatic N) is 4. The third-order valence-electron chi connectivity index (χ3n) is 4.11. The lowest BCUT2D eigenvalue weighted by molar-refractivity contribution is 0.0987. The van der Waals surface area contributed by atoms with Crippen molar-refractivity contribution in [1.29, 1.82) is 0 Å². The third kappa shape index (κ3) is 3.88. The number of carbonyl (C=O) groups is 1. The Morgan fingerprint density at radius 2 is 1.56 bits per heavy atom. The molecule has 3 aromatic rings. The molecule has 5 heteroatoms. The van der Waals surface area contributed by atoms with Gasteiger partial charge in [-0.1, -0.05) is 30.3 Å². The summed E-state index contributed by atoms with van der Waals surface area (Å²) >= 11 is 0. The number of carbonyl (C=O) groups excluding carboxylic acids is 1. The topological polar surface area (TPSA) is 41.4 Å². The summed E-state index contributed by atoms with van der Waals surface area (Å²) in [5.74, 6) is -0.121. The molecule has 128 valence electrons. The average molecular weight is 334 g/mol. The van der Waals surface area contributed by atoms with E-state index in [1.807, 2.05) is 79.8 Å². The van der Waals surface area contributed by atoms with Crippen molar-refractivity contribution in [2.45, 2.75) is 6.54 Å². The maximum absolute atomic E-state index is 12.7. The lowest BCUT2D eigenvalue weighted by Crippen LogP contribution is -2.26. The summed E-state index contributed by atoms with van der Waals surface area (Å²) in [6.45, 7) is 0.648. The van der Waals surface area contributed by atoms with Gasteiger partial charge in [0.2, 0.25) is 0 Å². The first-order valence-electron chi connectivity index (χ1n) is 8.17. The predicted molar refractivity (Wildman–Crippen MR) is 101 cm³/mol. The van der Waals surface area contributed by atoms with Crippen LogP contribution in [0, 0.1) is 0 Å². The molecule has 1 heterocycles. The minimum atomic E-state index is -0.121. The normalized spacial score (nSPS) is 10.5. The van der Waals surface area contributed by atoms with E-state index >= 15 is 0 Å². The molecular weight excluding hydrogens is 312 g/mol. The molecule has 0 atom stereocenters. The number of anilines is 2. The summed E-state index contributed by atoms with van der Waals surface area (Å²) in [6.07, 6.45) is 1.84. The second kappa shape index (κ2) is 7.21. The molecule has 0 aliphatic carbocycles. The molecule has 2 aromatic carbocycles. The smallest absolute Gasteiger partial charge is 0.278 e. The molecule has 0 saturated heterocycles. The summed E-state index contributed by atoms with van der Waals surface area (Å²) in [4.78, 5) is 16.3. The minimum Gasteiger partial charge on any atom is -0.378 e. The molecular formula is C20H22N4O. The molecule has 5 nitrogen and oxygen atoms in total. The van der Waals surface area contributed by atoms with E-state index in [1.54, 1.807) is 22.7 Å². The zero-order valence-corrected chi connectivity index (χ0v) is 14.8. The van der Waals surface area contributed by atoms with Crippen LogP contribution in [0.2, 0.25) is 0 Å². The van der Waals surface area contributed by atoms with Crippen LogP contribution >= 0.6 is 0 Å². The van der Waals surface area contributed by atoms with Gasteiger partial charge in [-0.3, -0.25) is 9.48 Å². The van der Waals surface area contributed by atoms with Gasteiger partial charge in [-0.2, -0.15) is 5.10 Å². The average Bonchev–Trinajstić information content (AvgIpc) is 3.10. The SMILES string of the molecule is CN(C)c1ccc(N(C)C(=O)c2ccn(Cc3ccccc3)n2)cc1. The first-order valence-corrected chi connectivity index (χ1v) is 8.17. The fourth-order valence-corrected chi connectivity index (χ4v) is 2.60. The van der Waals surface area contributed by atoms with E-state index in [0.29, 0.717) is 12.2 Å². The van der Waals surface area contributed by atoms with Crippen molar-refractivity contribution in [2.24, 2.45) is 0 Å². The lowest BCUT2D eigenvalue weighted by Gasteiger charge is -2.18. The number of hydrogen-bond acceptors (Lipinski definition) is 3. The Kier molecular flexibility index (Phi) is 4.84. The van der Waals surface area contributed by atoms with Gasteiger partial charge in [-0.25, -0.2) is 0 Å². The van der Waals surface area contributed by atoms with E-state index in [1.165, 1.54) is 0 Å². The number of rotatable bonds is 5. The largest absolute Gasteiger partial charge is 0.378 e. The van der Waals surface area contributed by atoms with Crippen molar-refractivity contribution in [1.82, 2.24) is 9.78 Å².